The smallest absolute Gasteiger partial charge is 0.393 e. The van der Waals surface area contributed by atoms with Gasteiger partial charge in [-0.2, -0.15) is 0 Å². The van der Waals surface area contributed by atoms with E-state index in [2.05, 4.69) is 27.4 Å². The number of carboxylic acids is 1. The van der Waals surface area contributed by atoms with Crippen LogP contribution in [0.2, 0.25) is 0 Å². The maximum Gasteiger partial charge on any atom is 0.393 e. The third-order valence-corrected chi connectivity index (χ3v) is 3.55. The van der Waals surface area contributed by atoms with Crippen LogP contribution in [0.1, 0.15) is 46.6 Å². The number of hydrogen-bond donors (Lipinski definition) is 1. The Labute approximate surface area is 119 Å². The first-order valence-electron chi connectivity index (χ1n) is 6.72. The van der Waals surface area contributed by atoms with Gasteiger partial charge >= 0.3 is 11.9 Å². The topological polar surface area (TPSA) is 93.5 Å². The Morgan fingerprint density at radius 3 is 2.90 bits per heavy atom. The molecular formula is C14H12N4O3. The molecule has 0 radical (unpaired) electrons. The molecule has 3 heterocycles. The van der Waals surface area contributed by atoms with Crippen LogP contribution in [0.25, 0.3) is 5.65 Å². The van der Waals surface area contributed by atoms with Crippen molar-refractivity contribution in [2.45, 2.75) is 25.2 Å². The first kappa shape index (κ1) is 12.1. The van der Waals surface area contributed by atoms with Crippen LogP contribution >= 0.6 is 0 Å². The lowest BCUT2D eigenvalue weighted by Crippen LogP contribution is -1.95. The summed E-state index contributed by atoms with van der Waals surface area (Å²) in [6.07, 6.45) is 6.84. The molecule has 1 saturated carbocycles. The molecule has 1 aliphatic rings. The number of aromatic carboxylic acids is 1. The van der Waals surface area contributed by atoms with E-state index in [0.717, 1.165) is 11.3 Å². The summed E-state index contributed by atoms with van der Waals surface area (Å²) in [4.78, 5) is 15.2. The normalized spacial score (nSPS) is 14.7. The number of nitrogens with zero attached hydrogens (tertiary/aromatic N) is 4. The second-order valence-electron chi connectivity index (χ2n) is 5.22. The summed E-state index contributed by atoms with van der Waals surface area (Å²) in [5, 5.41) is 15.9. The second kappa shape index (κ2) is 4.41. The Morgan fingerprint density at radius 2 is 2.19 bits per heavy atom. The van der Waals surface area contributed by atoms with Crippen LogP contribution in [0.4, 0.5) is 0 Å². The van der Waals surface area contributed by atoms with Gasteiger partial charge in [-0.25, -0.2) is 9.78 Å². The van der Waals surface area contributed by atoms with Gasteiger partial charge in [0, 0.05) is 12.4 Å². The van der Waals surface area contributed by atoms with Crippen molar-refractivity contribution >= 4 is 11.6 Å². The van der Waals surface area contributed by atoms with E-state index in [9.17, 15) is 4.79 Å². The predicted octanol–water partition coefficient (Wildman–Crippen LogP) is 1.88. The van der Waals surface area contributed by atoms with E-state index in [1.807, 2.05) is 16.7 Å². The summed E-state index contributed by atoms with van der Waals surface area (Å²) in [7, 11) is 0. The Kier molecular flexibility index (Phi) is 2.53. The van der Waals surface area contributed by atoms with E-state index in [1.165, 1.54) is 18.4 Å². The molecule has 0 amide bonds. The molecule has 7 nitrogen and oxygen atoms in total. The summed E-state index contributed by atoms with van der Waals surface area (Å²) < 4.78 is 7.03. The largest absolute Gasteiger partial charge is 0.474 e. The second-order valence-corrected chi connectivity index (χ2v) is 5.22. The average molecular weight is 284 g/mol. The molecule has 106 valence electrons. The molecule has 0 atom stereocenters. The highest BCUT2D eigenvalue weighted by Gasteiger charge is 2.23. The number of fused-ring (bicyclic) bond motifs is 1. The number of aromatic nitrogens is 4. The highest BCUT2D eigenvalue weighted by molar-refractivity contribution is 5.81. The number of carboxylic acid groups (broad SMARTS) is 1. The molecule has 0 bridgehead atoms. The molecule has 3 aromatic heterocycles. The lowest BCUT2D eigenvalue weighted by atomic mass is 10.2. The molecule has 3 aromatic rings. The summed E-state index contributed by atoms with van der Waals surface area (Å²) >= 11 is 0. The number of carbonyl (C=O) groups is 1. The maximum atomic E-state index is 10.7. The molecule has 0 aliphatic heterocycles. The van der Waals surface area contributed by atoms with E-state index in [-0.39, 0.29) is 5.89 Å². The van der Waals surface area contributed by atoms with Crippen molar-refractivity contribution in [3.8, 4) is 0 Å². The van der Waals surface area contributed by atoms with E-state index in [4.69, 9.17) is 9.52 Å². The van der Waals surface area contributed by atoms with Gasteiger partial charge in [-0.05, 0) is 30.4 Å². The fourth-order valence-corrected chi connectivity index (χ4v) is 2.37. The van der Waals surface area contributed by atoms with E-state index in [1.54, 1.807) is 0 Å². The minimum Gasteiger partial charge on any atom is -0.474 e. The van der Waals surface area contributed by atoms with Crippen LogP contribution in [-0.4, -0.2) is 30.7 Å². The lowest BCUT2D eigenvalue weighted by Gasteiger charge is -1.98. The van der Waals surface area contributed by atoms with Gasteiger partial charge in [0.25, 0.3) is 0 Å². The monoisotopic (exact) mass is 284 g/mol. The molecule has 1 aliphatic carbocycles. The van der Waals surface area contributed by atoms with Crippen molar-refractivity contribution in [3.63, 3.8) is 0 Å². The highest BCUT2D eigenvalue weighted by atomic mass is 16.4. The molecule has 0 saturated heterocycles. The lowest BCUT2D eigenvalue weighted by molar-refractivity contribution is 0.0651. The zero-order chi connectivity index (χ0) is 14.4. The fraction of sp³-hybridized carbons (Fsp3) is 0.286. The molecule has 0 aromatic carbocycles. The van der Waals surface area contributed by atoms with E-state index < -0.39 is 11.9 Å². The van der Waals surface area contributed by atoms with Gasteiger partial charge in [-0.1, -0.05) is 6.07 Å². The number of pyridine rings is 1. The molecule has 21 heavy (non-hydrogen) atoms. The van der Waals surface area contributed by atoms with Crippen molar-refractivity contribution in [2.75, 3.05) is 0 Å². The van der Waals surface area contributed by atoms with Crippen LogP contribution in [0.15, 0.2) is 28.9 Å². The molecule has 4 rings (SSSR count). The van der Waals surface area contributed by atoms with E-state index in [0.29, 0.717) is 12.3 Å². The van der Waals surface area contributed by atoms with Gasteiger partial charge in [-0.15, -0.1) is 10.2 Å². The minimum absolute atomic E-state index is 0.248. The zero-order valence-corrected chi connectivity index (χ0v) is 11.1. The molecule has 0 spiro atoms. The Balaban J connectivity index is 1.61. The van der Waals surface area contributed by atoms with Crippen molar-refractivity contribution in [1.29, 1.82) is 0 Å². The minimum atomic E-state index is -1.22. The summed E-state index contributed by atoms with van der Waals surface area (Å²) in [6.45, 7) is 0. The molecular weight excluding hydrogens is 272 g/mol. The van der Waals surface area contributed by atoms with Crippen molar-refractivity contribution in [2.24, 2.45) is 0 Å². The molecule has 0 unspecified atom stereocenters. The quantitative estimate of drug-likeness (QED) is 0.786. The molecule has 1 fully saturated rings. The van der Waals surface area contributed by atoms with Crippen LogP contribution in [0.3, 0.4) is 0 Å². The third-order valence-electron chi connectivity index (χ3n) is 3.55. The van der Waals surface area contributed by atoms with Gasteiger partial charge in [0.1, 0.15) is 5.65 Å². The fourth-order valence-electron chi connectivity index (χ4n) is 2.37. The maximum absolute atomic E-state index is 10.7. The zero-order valence-electron chi connectivity index (χ0n) is 11.1. The molecule has 7 heteroatoms. The number of hydrogen-bond acceptors (Lipinski definition) is 5. The molecule has 1 N–H and O–H groups in total. The Hall–Kier alpha value is -2.70. The van der Waals surface area contributed by atoms with Crippen molar-refractivity contribution < 1.29 is 14.3 Å². The van der Waals surface area contributed by atoms with Gasteiger partial charge in [0.2, 0.25) is 5.89 Å². The van der Waals surface area contributed by atoms with Crippen LogP contribution in [0.5, 0.6) is 0 Å². The Morgan fingerprint density at radius 1 is 1.33 bits per heavy atom. The summed E-state index contributed by atoms with van der Waals surface area (Å²) in [5.74, 6) is -0.685. The Bertz CT molecular complexity index is 832. The first-order valence-corrected chi connectivity index (χ1v) is 6.72. The number of rotatable bonds is 4. The highest BCUT2D eigenvalue weighted by Crippen LogP contribution is 2.39. The third kappa shape index (κ3) is 2.26. The van der Waals surface area contributed by atoms with Gasteiger partial charge < -0.3 is 13.9 Å². The first-order chi connectivity index (χ1) is 10.2. The standard InChI is InChI=1S/C14H12N4O3/c19-14(20)13-17-16-12(21-13)5-10-7-18-6-9(8-1-2-8)3-4-11(18)15-10/h3-4,6-8H,1-2,5H2,(H,19,20). The summed E-state index contributed by atoms with van der Waals surface area (Å²) in [5.41, 5.74) is 2.95. The van der Waals surface area contributed by atoms with Crippen LogP contribution in [-0.2, 0) is 6.42 Å². The van der Waals surface area contributed by atoms with Crippen LogP contribution < -0.4 is 0 Å². The van der Waals surface area contributed by atoms with Crippen molar-refractivity contribution in [1.82, 2.24) is 19.6 Å². The van der Waals surface area contributed by atoms with Crippen LogP contribution in [0, 0.1) is 0 Å². The van der Waals surface area contributed by atoms with Crippen molar-refractivity contribution in [3.05, 3.63) is 47.6 Å². The summed E-state index contributed by atoms with van der Waals surface area (Å²) in [6, 6.07) is 4.10. The van der Waals surface area contributed by atoms with E-state index >= 15 is 0 Å². The SMILES string of the molecule is O=C(O)c1nnc(Cc2cn3cc(C4CC4)ccc3n2)o1. The average Bonchev–Trinajstić information content (AvgIpc) is 3.07. The number of imidazole rings is 1. The predicted molar refractivity (Wildman–Crippen MR) is 71.2 cm³/mol. The van der Waals surface area contributed by atoms with Gasteiger partial charge in [0.15, 0.2) is 0 Å². The van der Waals surface area contributed by atoms with Gasteiger partial charge in [-0.3, -0.25) is 0 Å². The van der Waals surface area contributed by atoms with Gasteiger partial charge in [0.05, 0.1) is 12.1 Å².